The van der Waals surface area contributed by atoms with Gasteiger partial charge in [-0.3, -0.25) is 9.59 Å². The van der Waals surface area contributed by atoms with E-state index in [0.717, 1.165) is 6.42 Å². The minimum absolute atomic E-state index is 0.325. The highest BCUT2D eigenvalue weighted by atomic mass is 35.5. The van der Waals surface area contributed by atoms with Crippen molar-refractivity contribution in [1.82, 2.24) is 10.2 Å². The molecule has 0 spiro atoms. The average Bonchev–Trinajstić information content (AvgIpc) is 2.23. The van der Waals surface area contributed by atoms with Crippen molar-refractivity contribution in [2.45, 2.75) is 20.3 Å². The summed E-state index contributed by atoms with van der Waals surface area (Å²) in [6.07, 6.45) is 1.12. The van der Waals surface area contributed by atoms with Gasteiger partial charge in [0.2, 0.25) is 0 Å². The number of piperidine rings is 1. The van der Waals surface area contributed by atoms with Gasteiger partial charge in [0.15, 0.2) is 0 Å². The monoisotopic (exact) mass is 246 g/mol. The highest BCUT2D eigenvalue weighted by molar-refractivity contribution is 6.35. The maximum absolute atomic E-state index is 11.8. The van der Waals surface area contributed by atoms with Crippen LogP contribution in [-0.2, 0) is 9.59 Å². The number of alkyl halides is 1. The van der Waals surface area contributed by atoms with Crippen molar-refractivity contribution in [2.75, 3.05) is 25.5 Å². The van der Waals surface area contributed by atoms with Gasteiger partial charge in [-0.2, -0.15) is 0 Å². The maximum Gasteiger partial charge on any atom is 0.311 e. The van der Waals surface area contributed by atoms with Gasteiger partial charge in [0.1, 0.15) is 0 Å². The number of rotatable bonds is 2. The zero-order valence-electron chi connectivity index (χ0n) is 9.83. The van der Waals surface area contributed by atoms with Crippen molar-refractivity contribution < 1.29 is 9.59 Å². The molecule has 0 saturated carbocycles. The molecule has 1 N–H and O–H groups in total. The van der Waals surface area contributed by atoms with Crippen LogP contribution in [0.4, 0.5) is 0 Å². The second kappa shape index (κ2) is 6.09. The van der Waals surface area contributed by atoms with Gasteiger partial charge in [0.25, 0.3) is 0 Å². The number of carbonyl (C=O) groups excluding carboxylic acids is 2. The molecule has 0 aromatic carbocycles. The predicted molar refractivity (Wildman–Crippen MR) is 63.3 cm³/mol. The third kappa shape index (κ3) is 3.67. The first-order chi connectivity index (χ1) is 7.54. The molecule has 2 atom stereocenters. The summed E-state index contributed by atoms with van der Waals surface area (Å²) >= 11 is 5.44. The van der Waals surface area contributed by atoms with Crippen LogP contribution in [0.1, 0.15) is 20.3 Å². The Hall–Kier alpha value is -0.770. The molecule has 0 radical (unpaired) electrons. The number of nitrogens with zero attached hydrogens (tertiary/aromatic N) is 1. The van der Waals surface area contributed by atoms with Crippen molar-refractivity contribution in [3.8, 4) is 0 Å². The molecule has 92 valence electrons. The summed E-state index contributed by atoms with van der Waals surface area (Å²) in [5.41, 5.74) is 0. The Morgan fingerprint density at radius 3 is 2.38 bits per heavy atom. The molecule has 0 aromatic heterocycles. The number of hydrogen-bond acceptors (Lipinski definition) is 2. The highest BCUT2D eigenvalue weighted by Gasteiger charge is 2.28. The van der Waals surface area contributed by atoms with Crippen molar-refractivity contribution in [3.05, 3.63) is 0 Å². The van der Waals surface area contributed by atoms with Gasteiger partial charge in [-0.05, 0) is 18.3 Å². The first kappa shape index (κ1) is 13.3. The highest BCUT2D eigenvalue weighted by Crippen LogP contribution is 2.20. The normalized spacial score (nSPS) is 25.3. The van der Waals surface area contributed by atoms with E-state index in [4.69, 9.17) is 11.6 Å². The number of amides is 2. The molecule has 1 rings (SSSR count). The van der Waals surface area contributed by atoms with Crippen LogP contribution >= 0.6 is 11.6 Å². The van der Waals surface area contributed by atoms with E-state index in [-0.39, 0.29) is 0 Å². The molecule has 2 amide bonds. The fraction of sp³-hybridized carbons (Fsp3) is 0.818. The van der Waals surface area contributed by atoms with Crippen LogP contribution in [0.3, 0.4) is 0 Å². The van der Waals surface area contributed by atoms with Gasteiger partial charge in [-0.25, -0.2) is 0 Å². The van der Waals surface area contributed by atoms with Crippen molar-refractivity contribution in [2.24, 2.45) is 11.8 Å². The summed E-state index contributed by atoms with van der Waals surface area (Å²) in [5.74, 6) is 0.291. The Morgan fingerprint density at radius 2 is 1.88 bits per heavy atom. The number of likely N-dealkylation sites (tertiary alicyclic amines) is 1. The largest absolute Gasteiger partial charge is 0.347 e. The van der Waals surface area contributed by atoms with Crippen LogP contribution in [0, 0.1) is 11.8 Å². The molecule has 1 heterocycles. The van der Waals surface area contributed by atoms with E-state index < -0.39 is 11.8 Å². The molecule has 1 fully saturated rings. The smallest absolute Gasteiger partial charge is 0.311 e. The minimum Gasteiger partial charge on any atom is -0.347 e. The Labute approximate surface area is 101 Å². The molecule has 1 aliphatic rings. The molecule has 0 aliphatic carbocycles. The van der Waals surface area contributed by atoms with Gasteiger partial charge >= 0.3 is 11.8 Å². The van der Waals surface area contributed by atoms with Crippen LogP contribution in [0.25, 0.3) is 0 Å². The summed E-state index contributed by atoms with van der Waals surface area (Å²) in [6, 6.07) is 0. The second-order valence-electron chi connectivity index (χ2n) is 4.60. The molecule has 0 aromatic rings. The van der Waals surface area contributed by atoms with Crippen molar-refractivity contribution >= 4 is 23.4 Å². The van der Waals surface area contributed by atoms with Crippen molar-refractivity contribution in [3.63, 3.8) is 0 Å². The van der Waals surface area contributed by atoms with Gasteiger partial charge in [-0.15, -0.1) is 11.6 Å². The van der Waals surface area contributed by atoms with Crippen LogP contribution in [0.15, 0.2) is 0 Å². The standard InChI is InChI=1S/C11H19ClN2O2/c1-8-5-9(2)7-14(6-8)11(16)10(15)13-4-3-12/h8-9H,3-7H2,1-2H3,(H,13,15). The number of nitrogens with one attached hydrogen (secondary N) is 1. The molecule has 1 aliphatic heterocycles. The van der Waals surface area contributed by atoms with E-state index in [2.05, 4.69) is 19.2 Å². The van der Waals surface area contributed by atoms with E-state index in [9.17, 15) is 9.59 Å². The average molecular weight is 247 g/mol. The van der Waals surface area contributed by atoms with Gasteiger partial charge < -0.3 is 10.2 Å². The van der Waals surface area contributed by atoms with E-state index in [1.165, 1.54) is 0 Å². The van der Waals surface area contributed by atoms with Crippen LogP contribution in [0.5, 0.6) is 0 Å². The van der Waals surface area contributed by atoms with E-state index in [1.807, 2.05) is 0 Å². The lowest BCUT2D eigenvalue weighted by Crippen LogP contribution is -2.49. The van der Waals surface area contributed by atoms with E-state index in [0.29, 0.717) is 37.4 Å². The zero-order valence-corrected chi connectivity index (χ0v) is 10.6. The fourth-order valence-electron chi connectivity index (χ4n) is 2.21. The third-order valence-corrected chi connectivity index (χ3v) is 2.92. The number of hydrogen-bond donors (Lipinski definition) is 1. The Morgan fingerprint density at radius 1 is 1.31 bits per heavy atom. The van der Waals surface area contributed by atoms with Gasteiger partial charge in [-0.1, -0.05) is 13.8 Å². The van der Waals surface area contributed by atoms with Gasteiger partial charge in [0.05, 0.1) is 0 Å². The molecule has 2 unspecified atom stereocenters. The summed E-state index contributed by atoms with van der Waals surface area (Å²) in [6.45, 7) is 5.90. The molecule has 0 bridgehead atoms. The fourth-order valence-corrected chi connectivity index (χ4v) is 2.30. The Bertz CT molecular complexity index is 261. The molecular weight excluding hydrogens is 228 g/mol. The topological polar surface area (TPSA) is 49.4 Å². The maximum atomic E-state index is 11.8. The molecule has 16 heavy (non-hydrogen) atoms. The van der Waals surface area contributed by atoms with Crippen molar-refractivity contribution in [1.29, 1.82) is 0 Å². The summed E-state index contributed by atoms with van der Waals surface area (Å²) in [5, 5.41) is 2.50. The van der Waals surface area contributed by atoms with Crippen LogP contribution in [0.2, 0.25) is 0 Å². The summed E-state index contributed by atoms with van der Waals surface area (Å²) in [4.78, 5) is 24.9. The molecule has 1 saturated heterocycles. The summed E-state index contributed by atoms with van der Waals surface area (Å²) < 4.78 is 0. The lowest BCUT2D eigenvalue weighted by molar-refractivity contribution is -0.147. The second-order valence-corrected chi connectivity index (χ2v) is 4.98. The van der Waals surface area contributed by atoms with Gasteiger partial charge in [0, 0.05) is 25.5 Å². The lowest BCUT2D eigenvalue weighted by Gasteiger charge is -2.34. The van der Waals surface area contributed by atoms with E-state index in [1.54, 1.807) is 4.90 Å². The SMILES string of the molecule is CC1CC(C)CN(C(=O)C(=O)NCCCl)C1. The van der Waals surface area contributed by atoms with E-state index >= 15 is 0 Å². The molecule has 4 nitrogen and oxygen atoms in total. The molecule has 5 heteroatoms. The first-order valence-electron chi connectivity index (χ1n) is 5.67. The van der Waals surface area contributed by atoms with Crippen LogP contribution in [-0.4, -0.2) is 42.2 Å². The zero-order chi connectivity index (χ0) is 12.1. The quantitative estimate of drug-likeness (QED) is 0.580. The van der Waals surface area contributed by atoms with Crippen LogP contribution < -0.4 is 5.32 Å². The Kier molecular flexibility index (Phi) is 5.06. The number of carbonyl (C=O) groups is 2. The summed E-state index contributed by atoms with van der Waals surface area (Å²) in [7, 11) is 0. The third-order valence-electron chi connectivity index (χ3n) is 2.73. The lowest BCUT2D eigenvalue weighted by atomic mass is 9.92. The number of halogens is 1. The first-order valence-corrected chi connectivity index (χ1v) is 6.21. The predicted octanol–water partition coefficient (Wildman–Crippen LogP) is 0.846. The minimum atomic E-state index is -0.540. The Balaban J connectivity index is 2.49. The molecular formula is C11H19ClN2O2.